The number of nitrogens with zero attached hydrogens (tertiary/aromatic N) is 2. The van der Waals surface area contributed by atoms with Crippen LogP contribution in [0.5, 0.6) is 5.88 Å². The Bertz CT molecular complexity index is 735. The predicted molar refractivity (Wildman–Crippen MR) is 70.0 cm³/mol. The lowest BCUT2D eigenvalue weighted by molar-refractivity contribution is 0.0726. The molecule has 94 valence electrons. The fourth-order valence-electron chi connectivity index (χ4n) is 1.92. The molecular formula is C14H11N3O2. The number of aryl methyl sites for hydroxylation is 1. The van der Waals surface area contributed by atoms with Gasteiger partial charge in [0.1, 0.15) is 0 Å². The molecule has 0 radical (unpaired) electrons. The fraction of sp³-hybridized carbons (Fsp3) is 0.0714. The Kier molecular flexibility index (Phi) is 2.72. The smallest absolute Gasteiger partial charge is 0.345 e. The quantitative estimate of drug-likeness (QED) is 0.712. The van der Waals surface area contributed by atoms with Gasteiger partial charge in [-0.25, -0.2) is 9.78 Å². The minimum atomic E-state index is -0.436. The summed E-state index contributed by atoms with van der Waals surface area (Å²) >= 11 is 0. The van der Waals surface area contributed by atoms with Crippen molar-refractivity contribution >= 4 is 16.9 Å². The van der Waals surface area contributed by atoms with Crippen LogP contribution in [0.4, 0.5) is 0 Å². The number of hydrogen-bond acceptors (Lipinski definition) is 4. The van der Waals surface area contributed by atoms with Crippen molar-refractivity contribution in [1.29, 1.82) is 0 Å². The maximum atomic E-state index is 12.1. The SMILES string of the molecule is Cc1cc2cc[nH]c2cc1C(=O)Oc1cnccn1. The zero-order chi connectivity index (χ0) is 13.2. The summed E-state index contributed by atoms with van der Waals surface area (Å²) in [5.74, 6) is -0.243. The van der Waals surface area contributed by atoms with Gasteiger partial charge in [0.15, 0.2) is 0 Å². The third-order valence-electron chi connectivity index (χ3n) is 2.85. The van der Waals surface area contributed by atoms with Gasteiger partial charge in [-0.05, 0) is 36.1 Å². The number of ether oxygens (including phenoxy) is 1. The van der Waals surface area contributed by atoms with E-state index in [1.165, 1.54) is 18.6 Å². The van der Waals surface area contributed by atoms with Crippen LogP contribution in [0.2, 0.25) is 0 Å². The molecule has 0 atom stereocenters. The fourth-order valence-corrected chi connectivity index (χ4v) is 1.92. The van der Waals surface area contributed by atoms with E-state index in [1.54, 1.807) is 6.07 Å². The van der Waals surface area contributed by atoms with Gasteiger partial charge >= 0.3 is 5.97 Å². The molecule has 0 aliphatic carbocycles. The van der Waals surface area contributed by atoms with E-state index < -0.39 is 5.97 Å². The third kappa shape index (κ3) is 2.18. The number of aromatic amines is 1. The van der Waals surface area contributed by atoms with Crippen molar-refractivity contribution in [2.75, 3.05) is 0 Å². The highest BCUT2D eigenvalue weighted by Gasteiger charge is 2.13. The van der Waals surface area contributed by atoms with Gasteiger partial charge in [0.05, 0.1) is 11.8 Å². The first kappa shape index (κ1) is 11.4. The lowest BCUT2D eigenvalue weighted by atomic mass is 10.1. The monoisotopic (exact) mass is 253 g/mol. The first-order chi connectivity index (χ1) is 9.24. The van der Waals surface area contributed by atoms with Gasteiger partial charge in [0.25, 0.3) is 0 Å². The molecule has 0 spiro atoms. The summed E-state index contributed by atoms with van der Waals surface area (Å²) in [7, 11) is 0. The molecule has 3 rings (SSSR count). The predicted octanol–water partition coefficient (Wildman–Crippen LogP) is 2.49. The molecule has 3 aromatic rings. The van der Waals surface area contributed by atoms with Crippen LogP contribution < -0.4 is 4.74 Å². The van der Waals surface area contributed by atoms with E-state index in [0.29, 0.717) is 5.56 Å². The summed E-state index contributed by atoms with van der Waals surface area (Å²) in [6, 6.07) is 5.68. The van der Waals surface area contributed by atoms with Crippen molar-refractivity contribution in [1.82, 2.24) is 15.0 Å². The van der Waals surface area contributed by atoms with Crippen molar-refractivity contribution < 1.29 is 9.53 Å². The highest BCUT2D eigenvalue weighted by atomic mass is 16.5. The van der Waals surface area contributed by atoms with Crippen LogP contribution >= 0.6 is 0 Å². The van der Waals surface area contributed by atoms with Gasteiger partial charge in [-0.1, -0.05) is 0 Å². The van der Waals surface area contributed by atoms with E-state index >= 15 is 0 Å². The van der Waals surface area contributed by atoms with Crippen LogP contribution in [0.3, 0.4) is 0 Å². The molecule has 2 heterocycles. The standard InChI is InChI=1S/C14H11N3O2/c1-9-6-10-2-3-16-12(10)7-11(9)14(18)19-13-8-15-4-5-17-13/h2-8,16H,1H3. The van der Waals surface area contributed by atoms with Gasteiger partial charge in [0, 0.05) is 24.1 Å². The molecule has 0 amide bonds. The first-order valence-corrected chi connectivity index (χ1v) is 5.80. The van der Waals surface area contributed by atoms with Gasteiger partial charge in [-0.2, -0.15) is 0 Å². The van der Waals surface area contributed by atoms with E-state index in [1.807, 2.05) is 25.3 Å². The van der Waals surface area contributed by atoms with E-state index in [-0.39, 0.29) is 5.88 Å². The van der Waals surface area contributed by atoms with Crippen molar-refractivity contribution in [2.24, 2.45) is 0 Å². The number of benzene rings is 1. The summed E-state index contributed by atoms with van der Waals surface area (Å²) < 4.78 is 5.18. The van der Waals surface area contributed by atoms with Crippen LogP contribution in [0.25, 0.3) is 10.9 Å². The second-order valence-corrected chi connectivity index (χ2v) is 4.17. The molecule has 0 unspecified atom stereocenters. The molecule has 0 aliphatic heterocycles. The molecule has 5 nitrogen and oxygen atoms in total. The van der Waals surface area contributed by atoms with E-state index in [4.69, 9.17) is 4.74 Å². The van der Waals surface area contributed by atoms with Gasteiger partial charge in [-0.15, -0.1) is 0 Å². The van der Waals surface area contributed by atoms with Crippen LogP contribution in [-0.4, -0.2) is 20.9 Å². The number of carbonyl (C=O) groups excluding carboxylic acids is 1. The number of aromatic nitrogens is 3. The Morgan fingerprint density at radius 3 is 3.00 bits per heavy atom. The van der Waals surface area contributed by atoms with Gasteiger partial charge in [0.2, 0.25) is 5.88 Å². The molecule has 0 saturated carbocycles. The Balaban J connectivity index is 1.95. The minimum Gasteiger partial charge on any atom is -0.402 e. The van der Waals surface area contributed by atoms with E-state index in [2.05, 4.69) is 15.0 Å². The van der Waals surface area contributed by atoms with E-state index in [0.717, 1.165) is 16.5 Å². The lowest BCUT2D eigenvalue weighted by Crippen LogP contribution is -2.11. The third-order valence-corrected chi connectivity index (χ3v) is 2.85. The molecule has 5 heteroatoms. The first-order valence-electron chi connectivity index (χ1n) is 5.80. The maximum Gasteiger partial charge on any atom is 0.345 e. The average molecular weight is 253 g/mol. The summed E-state index contributed by atoms with van der Waals surface area (Å²) in [4.78, 5) is 22.9. The van der Waals surface area contributed by atoms with Crippen LogP contribution in [-0.2, 0) is 0 Å². The molecular weight excluding hydrogens is 242 g/mol. The number of hydrogen-bond donors (Lipinski definition) is 1. The summed E-state index contributed by atoms with van der Waals surface area (Å²) in [5.41, 5.74) is 2.28. The highest BCUT2D eigenvalue weighted by molar-refractivity contribution is 5.97. The number of esters is 1. The second-order valence-electron chi connectivity index (χ2n) is 4.17. The zero-order valence-corrected chi connectivity index (χ0v) is 10.3. The van der Waals surface area contributed by atoms with Crippen LogP contribution in [0, 0.1) is 6.92 Å². The summed E-state index contributed by atoms with van der Waals surface area (Å²) in [6.45, 7) is 1.87. The molecule has 1 aromatic carbocycles. The number of rotatable bonds is 2. The van der Waals surface area contributed by atoms with Crippen molar-refractivity contribution in [3.8, 4) is 5.88 Å². The molecule has 19 heavy (non-hydrogen) atoms. The Labute approximate surface area is 109 Å². The number of fused-ring (bicyclic) bond motifs is 1. The molecule has 1 N–H and O–H groups in total. The number of H-pyrrole nitrogens is 1. The Hall–Kier alpha value is -2.69. The summed E-state index contributed by atoms with van der Waals surface area (Å²) in [6.07, 6.45) is 6.24. The topological polar surface area (TPSA) is 67.9 Å². The Morgan fingerprint density at radius 1 is 1.32 bits per heavy atom. The molecule has 2 aromatic heterocycles. The largest absolute Gasteiger partial charge is 0.402 e. The highest BCUT2D eigenvalue weighted by Crippen LogP contribution is 2.19. The second kappa shape index (κ2) is 4.53. The van der Waals surface area contributed by atoms with E-state index in [9.17, 15) is 4.79 Å². The molecule has 0 bridgehead atoms. The lowest BCUT2D eigenvalue weighted by Gasteiger charge is -2.06. The summed E-state index contributed by atoms with van der Waals surface area (Å²) in [5, 5.41) is 1.06. The average Bonchev–Trinajstić information content (AvgIpc) is 2.86. The Morgan fingerprint density at radius 2 is 2.21 bits per heavy atom. The van der Waals surface area contributed by atoms with Gasteiger partial charge in [-0.3, -0.25) is 4.98 Å². The van der Waals surface area contributed by atoms with Crippen molar-refractivity contribution in [2.45, 2.75) is 6.92 Å². The van der Waals surface area contributed by atoms with Gasteiger partial charge < -0.3 is 9.72 Å². The van der Waals surface area contributed by atoms with Crippen LogP contribution in [0.1, 0.15) is 15.9 Å². The zero-order valence-electron chi connectivity index (χ0n) is 10.3. The maximum absolute atomic E-state index is 12.1. The van der Waals surface area contributed by atoms with Crippen molar-refractivity contribution in [3.63, 3.8) is 0 Å². The number of nitrogens with one attached hydrogen (secondary N) is 1. The molecule has 0 aliphatic rings. The normalized spacial score (nSPS) is 10.6. The number of carbonyl (C=O) groups is 1. The van der Waals surface area contributed by atoms with Crippen LogP contribution in [0.15, 0.2) is 43.0 Å². The molecule has 0 saturated heterocycles. The molecule has 0 fully saturated rings. The van der Waals surface area contributed by atoms with Crippen molar-refractivity contribution in [3.05, 3.63) is 54.1 Å². The minimum absolute atomic E-state index is 0.193.